The lowest BCUT2D eigenvalue weighted by molar-refractivity contribution is -0.192. The number of amides is 1. The van der Waals surface area contributed by atoms with E-state index in [9.17, 15) is 18.0 Å². The summed E-state index contributed by atoms with van der Waals surface area (Å²) >= 11 is 0. The Morgan fingerprint density at radius 3 is 2.22 bits per heavy atom. The number of nitrogens with one attached hydrogen (secondary N) is 2. The minimum absolute atomic E-state index is 0.0982. The van der Waals surface area contributed by atoms with Gasteiger partial charge >= 0.3 is 12.1 Å². The molecule has 2 atom stereocenters. The SMILES string of the molecule is CC(C)C[C@H](COc1nc2ccccc2[nH]1)NC(=O)[C@@H](N)CC(C)C.O=C(O)C(F)(F)F. The lowest BCUT2D eigenvalue weighted by atomic mass is 10.0. The van der Waals surface area contributed by atoms with E-state index < -0.39 is 18.2 Å². The normalized spacial score (nSPS) is 13.4. The summed E-state index contributed by atoms with van der Waals surface area (Å²) < 4.78 is 37.5. The molecule has 0 radical (unpaired) electrons. The molecule has 2 rings (SSSR count). The van der Waals surface area contributed by atoms with Crippen molar-refractivity contribution in [1.29, 1.82) is 0 Å². The van der Waals surface area contributed by atoms with E-state index >= 15 is 0 Å². The minimum atomic E-state index is -5.08. The number of fused-ring (bicyclic) bond motifs is 1. The molecule has 1 aromatic carbocycles. The minimum Gasteiger partial charge on any atom is -0.475 e. The first kappa shape index (κ1) is 27.2. The van der Waals surface area contributed by atoms with E-state index in [1.54, 1.807) is 0 Å². The lowest BCUT2D eigenvalue weighted by Gasteiger charge is -2.23. The van der Waals surface area contributed by atoms with Crippen LogP contribution in [0, 0.1) is 11.8 Å². The van der Waals surface area contributed by atoms with Crippen molar-refractivity contribution in [3.8, 4) is 6.01 Å². The maximum Gasteiger partial charge on any atom is 0.490 e. The number of nitrogens with two attached hydrogens (primary N) is 1. The number of alkyl halides is 3. The number of nitrogens with zero attached hydrogens (tertiary/aromatic N) is 1. The number of rotatable bonds is 9. The summed E-state index contributed by atoms with van der Waals surface area (Å²) in [6.45, 7) is 8.72. The molecule has 0 saturated heterocycles. The molecule has 5 N–H and O–H groups in total. The van der Waals surface area contributed by atoms with Gasteiger partial charge in [-0.2, -0.15) is 18.2 Å². The van der Waals surface area contributed by atoms with Gasteiger partial charge in [0.25, 0.3) is 6.01 Å². The van der Waals surface area contributed by atoms with Crippen LogP contribution >= 0.6 is 0 Å². The van der Waals surface area contributed by atoms with Gasteiger partial charge in [-0.3, -0.25) is 4.79 Å². The third-order valence-corrected chi connectivity index (χ3v) is 4.20. The summed E-state index contributed by atoms with van der Waals surface area (Å²) in [5.41, 5.74) is 7.78. The molecule has 11 heteroatoms. The summed E-state index contributed by atoms with van der Waals surface area (Å²) in [5.74, 6) is -2.05. The highest BCUT2D eigenvalue weighted by atomic mass is 19.4. The Morgan fingerprint density at radius 2 is 1.72 bits per heavy atom. The highest BCUT2D eigenvalue weighted by Gasteiger charge is 2.38. The molecule has 8 nitrogen and oxygen atoms in total. The molecular formula is C21H31F3N4O4. The molecule has 180 valence electrons. The fourth-order valence-electron chi connectivity index (χ4n) is 2.84. The molecule has 1 heterocycles. The van der Waals surface area contributed by atoms with E-state index in [0.29, 0.717) is 30.9 Å². The first-order valence-corrected chi connectivity index (χ1v) is 10.2. The Labute approximate surface area is 184 Å². The van der Waals surface area contributed by atoms with Crippen molar-refractivity contribution in [3.05, 3.63) is 24.3 Å². The van der Waals surface area contributed by atoms with Gasteiger partial charge in [0.05, 0.1) is 23.1 Å². The average molecular weight is 460 g/mol. The summed E-state index contributed by atoms with van der Waals surface area (Å²) in [6, 6.07) is 7.65. The smallest absolute Gasteiger partial charge is 0.475 e. The van der Waals surface area contributed by atoms with Crippen molar-refractivity contribution in [3.63, 3.8) is 0 Å². The largest absolute Gasteiger partial charge is 0.490 e. The van der Waals surface area contributed by atoms with E-state index in [0.717, 1.165) is 17.5 Å². The number of ether oxygens (including phenoxy) is 1. The maximum atomic E-state index is 12.3. The predicted molar refractivity (Wildman–Crippen MR) is 114 cm³/mol. The third kappa shape index (κ3) is 9.99. The van der Waals surface area contributed by atoms with Gasteiger partial charge in [-0.25, -0.2) is 4.79 Å². The second-order valence-electron chi connectivity index (χ2n) is 8.24. The van der Waals surface area contributed by atoms with Crippen molar-refractivity contribution in [2.24, 2.45) is 17.6 Å². The lowest BCUT2D eigenvalue weighted by Crippen LogP contribution is -2.48. The molecule has 0 saturated carbocycles. The molecule has 0 bridgehead atoms. The average Bonchev–Trinajstić information content (AvgIpc) is 3.07. The van der Waals surface area contributed by atoms with Gasteiger partial charge in [0.1, 0.15) is 6.61 Å². The summed E-state index contributed by atoms with van der Waals surface area (Å²) in [5, 5.41) is 10.2. The first-order valence-electron chi connectivity index (χ1n) is 10.2. The van der Waals surface area contributed by atoms with Gasteiger partial charge < -0.3 is 25.9 Å². The number of hydrogen-bond donors (Lipinski definition) is 4. The standard InChI is InChI=1S/C19H30N4O2.C2HF3O2/c1-12(2)9-14(21-18(24)15(20)10-13(3)4)11-25-19-22-16-7-5-6-8-17(16)23-19;3-2(4,5)1(6)7/h5-8,12-15H,9-11,20H2,1-4H3,(H,21,24)(H,22,23);(H,6,7)/t14-,15+;/m1./s1. The van der Waals surface area contributed by atoms with Crippen LogP contribution in [0.5, 0.6) is 6.01 Å². The van der Waals surface area contributed by atoms with Crippen LogP contribution in [-0.4, -0.2) is 51.8 Å². The van der Waals surface area contributed by atoms with Crippen LogP contribution in [0.1, 0.15) is 40.5 Å². The van der Waals surface area contributed by atoms with Crippen molar-refractivity contribution < 1.29 is 32.6 Å². The summed E-state index contributed by atoms with van der Waals surface area (Å²) in [4.78, 5) is 28.7. The molecule has 0 fully saturated rings. The van der Waals surface area contributed by atoms with Gasteiger partial charge in [-0.05, 0) is 36.8 Å². The highest BCUT2D eigenvalue weighted by molar-refractivity contribution is 5.81. The topological polar surface area (TPSA) is 130 Å². The Bertz CT molecular complexity index is 835. The number of carbonyl (C=O) groups excluding carboxylic acids is 1. The first-order chi connectivity index (χ1) is 14.8. The van der Waals surface area contributed by atoms with Gasteiger partial charge in [0.15, 0.2) is 0 Å². The number of carbonyl (C=O) groups is 2. The zero-order chi connectivity index (χ0) is 24.5. The Hall–Kier alpha value is -2.82. The van der Waals surface area contributed by atoms with E-state index in [-0.39, 0.29) is 11.9 Å². The second-order valence-corrected chi connectivity index (χ2v) is 8.24. The molecule has 32 heavy (non-hydrogen) atoms. The van der Waals surface area contributed by atoms with Crippen molar-refractivity contribution in [2.75, 3.05) is 6.61 Å². The Morgan fingerprint density at radius 1 is 1.16 bits per heavy atom. The number of carboxylic acids is 1. The van der Waals surface area contributed by atoms with E-state index in [4.69, 9.17) is 20.4 Å². The van der Waals surface area contributed by atoms with Gasteiger partial charge in [0, 0.05) is 0 Å². The number of aromatic amines is 1. The van der Waals surface area contributed by atoms with Crippen LogP contribution in [0.25, 0.3) is 11.0 Å². The van der Waals surface area contributed by atoms with E-state index in [1.165, 1.54) is 0 Å². The number of benzene rings is 1. The monoisotopic (exact) mass is 460 g/mol. The number of aliphatic carboxylic acids is 1. The summed E-state index contributed by atoms with van der Waals surface area (Å²) in [7, 11) is 0. The van der Waals surface area contributed by atoms with Crippen LogP contribution in [0.3, 0.4) is 0 Å². The number of carboxylic acid groups (broad SMARTS) is 1. The zero-order valence-electron chi connectivity index (χ0n) is 18.6. The number of para-hydroxylation sites is 2. The predicted octanol–water partition coefficient (Wildman–Crippen LogP) is 3.48. The zero-order valence-corrected chi connectivity index (χ0v) is 18.6. The molecule has 0 aliphatic heterocycles. The van der Waals surface area contributed by atoms with Crippen molar-refractivity contribution in [2.45, 2.75) is 58.8 Å². The van der Waals surface area contributed by atoms with Crippen molar-refractivity contribution in [1.82, 2.24) is 15.3 Å². The van der Waals surface area contributed by atoms with E-state index in [2.05, 4.69) is 43.0 Å². The van der Waals surface area contributed by atoms with Crippen LogP contribution in [0.4, 0.5) is 13.2 Å². The molecule has 2 aromatic rings. The van der Waals surface area contributed by atoms with Gasteiger partial charge in [0.2, 0.25) is 5.91 Å². The Balaban J connectivity index is 0.000000633. The number of hydrogen-bond acceptors (Lipinski definition) is 5. The van der Waals surface area contributed by atoms with Gasteiger partial charge in [-0.1, -0.05) is 39.8 Å². The molecular weight excluding hydrogens is 429 g/mol. The van der Waals surface area contributed by atoms with Crippen LogP contribution < -0.4 is 15.8 Å². The van der Waals surface area contributed by atoms with Crippen LogP contribution in [-0.2, 0) is 9.59 Å². The van der Waals surface area contributed by atoms with Crippen molar-refractivity contribution >= 4 is 22.9 Å². The molecule has 0 aliphatic rings. The van der Waals surface area contributed by atoms with Crippen LogP contribution in [0.15, 0.2) is 24.3 Å². The molecule has 1 aromatic heterocycles. The fourth-order valence-corrected chi connectivity index (χ4v) is 2.84. The maximum absolute atomic E-state index is 12.3. The number of H-pyrrole nitrogens is 1. The number of aromatic nitrogens is 2. The molecule has 1 amide bonds. The highest BCUT2D eigenvalue weighted by Crippen LogP contribution is 2.16. The van der Waals surface area contributed by atoms with Gasteiger partial charge in [-0.15, -0.1) is 0 Å². The Kier molecular flexibility index (Phi) is 10.4. The molecule has 0 unspecified atom stereocenters. The quantitative estimate of drug-likeness (QED) is 0.453. The second kappa shape index (κ2) is 12.3. The number of halogens is 3. The number of imidazole rings is 1. The van der Waals surface area contributed by atoms with Crippen LogP contribution in [0.2, 0.25) is 0 Å². The molecule has 0 aliphatic carbocycles. The fraction of sp³-hybridized carbons (Fsp3) is 0.571. The third-order valence-electron chi connectivity index (χ3n) is 4.20. The van der Waals surface area contributed by atoms with E-state index in [1.807, 2.05) is 24.3 Å². The summed E-state index contributed by atoms with van der Waals surface area (Å²) in [6.07, 6.45) is -3.59. The molecule has 0 spiro atoms.